The van der Waals surface area contributed by atoms with Crippen LogP contribution in [0, 0.1) is 5.92 Å². The molecule has 0 aromatic rings. The smallest absolute Gasteiger partial charge is 0.0129 e. The van der Waals surface area contributed by atoms with Crippen LogP contribution in [-0.2, 0) is 0 Å². The van der Waals surface area contributed by atoms with Gasteiger partial charge in [0.2, 0.25) is 0 Å². The summed E-state index contributed by atoms with van der Waals surface area (Å²) in [6.07, 6.45) is 12.6. The van der Waals surface area contributed by atoms with E-state index in [4.69, 9.17) is 5.73 Å². The molecule has 2 N–H and O–H groups in total. The van der Waals surface area contributed by atoms with Gasteiger partial charge in [-0.3, -0.25) is 4.90 Å². The maximum atomic E-state index is 6.19. The molecule has 98 valence electrons. The Labute approximate surface area is 106 Å². The number of rotatable bonds is 2. The van der Waals surface area contributed by atoms with Gasteiger partial charge in [-0.15, -0.1) is 0 Å². The van der Waals surface area contributed by atoms with Crippen molar-refractivity contribution in [2.45, 2.75) is 88.9 Å². The third kappa shape index (κ3) is 2.15. The van der Waals surface area contributed by atoms with Crippen molar-refractivity contribution in [3.8, 4) is 0 Å². The normalized spacial score (nSPS) is 47.3. The van der Waals surface area contributed by atoms with Crippen molar-refractivity contribution in [1.82, 2.24) is 4.90 Å². The van der Waals surface area contributed by atoms with Crippen molar-refractivity contribution in [3.05, 3.63) is 0 Å². The Morgan fingerprint density at radius 2 is 1.65 bits per heavy atom. The largest absolute Gasteiger partial charge is 0.328 e. The fraction of sp³-hybridized carbons (Fsp3) is 1.00. The van der Waals surface area contributed by atoms with Gasteiger partial charge in [0.1, 0.15) is 0 Å². The highest BCUT2D eigenvalue weighted by Crippen LogP contribution is 2.42. The zero-order valence-electron chi connectivity index (χ0n) is 11.3. The molecule has 2 aliphatic heterocycles. The second-order valence-corrected chi connectivity index (χ2v) is 6.58. The molecule has 0 spiro atoms. The van der Waals surface area contributed by atoms with Crippen molar-refractivity contribution in [2.24, 2.45) is 11.7 Å². The summed E-state index contributed by atoms with van der Waals surface area (Å²) in [6.45, 7) is 2.39. The van der Waals surface area contributed by atoms with Crippen LogP contribution in [0.1, 0.15) is 64.7 Å². The molecule has 1 saturated carbocycles. The summed E-state index contributed by atoms with van der Waals surface area (Å²) in [5.41, 5.74) is 6.19. The Bertz CT molecular complexity index is 252. The molecule has 0 amide bonds. The minimum atomic E-state index is 0.493. The van der Waals surface area contributed by atoms with Crippen molar-refractivity contribution in [1.29, 1.82) is 0 Å². The van der Waals surface area contributed by atoms with Gasteiger partial charge < -0.3 is 5.73 Å². The molecule has 17 heavy (non-hydrogen) atoms. The number of fused-ring (bicyclic) bond motifs is 2. The standard InChI is InChI=1S/C15H28N2/c1-2-11-5-3-4-6-15(11)17-13-7-8-14(17)10-12(16)9-13/h11-15H,2-10,16H2,1H3. The van der Waals surface area contributed by atoms with Crippen LogP contribution in [0.3, 0.4) is 0 Å². The second-order valence-electron chi connectivity index (χ2n) is 6.58. The summed E-state index contributed by atoms with van der Waals surface area (Å²) < 4.78 is 0. The SMILES string of the molecule is CCC1CCCCC1N1C2CCC1CC(N)C2. The van der Waals surface area contributed by atoms with E-state index < -0.39 is 0 Å². The van der Waals surface area contributed by atoms with Crippen LogP contribution in [0.25, 0.3) is 0 Å². The Morgan fingerprint density at radius 1 is 1.00 bits per heavy atom. The molecule has 0 aromatic carbocycles. The maximum Gasteiger partial charge on any atom is 0.0129 e. The lowest BCUT2D eigenvalue weighted by molar-refractivity contribution is 0.0249. The third-order valence-corrected chi connectivity index (χ3v) is 5.60. The Hall–Kier alpha value is -0.0800. The van der Waals surface area contributed by atoms with Crippen LogP contribution in [-0.4, -0.2) is 29.1 Å². The summed E-state index contributed by atoms with van der Waals surface area (Å²) in [7, 11) is 0. The first-order valence-electron chi connectivity index (χ1n) is 7.82. The van der Waals surface area contributed by atoms with Gasteiger partial charge in [0.15, 0.2) is 0 Å². The van der Waals surface area contributed by atoms with Gasteiger partial charge in [-0.05, 0) is 44.4 Å². The average molecular weight is 236 g/mol. The van der Waals surface area contributed by atoms with Crippen LogP contribution < -0.4 is 5.73 Å². The van der Waals surface area contributed by atoms with Crippen LogP contribution in [0.15, 0.2) is 0 Å². The summed E-state index contributed by atoms with van der Waals surface area (Å²) in [5.74, 6) is 0.973. The molecule has 0 aromatic heterocycles. The van der Waals surface area contributed by atoms with Gasteiger partial charge in [0.05, 0.1) is 0 Å². The molecule has 2 bridgehead atoms. The molecule has 4 atom stereocenters. The van der Waals surface area contributed by atoms with Crippen LogP contribution >= 0.6 is 0 Å². The topological polar surface area (TPSA) is 29.3 Å². The zero-order valence-corrected chi connectivity index (χ0v) is 11.3. The Balaban J connectivity index is 1.74. The van der Waals surface area contributed by atoms with E-state index in [2.05, 4.69) is 11.8 Å². The number of nitrogens with two attached hydrogens (primary N) is 1. The van der Waals surface area contributed by atoms with Gasteiger partial charge in [0, 0.05) is 24.2 Å². The van der Waals surface area contributed by atoms with Gasteiger partial charge in [-0.2, -0.15) is 0 Å². The van der Waals surface area contributed by atoms with Crippen molar-refractivity contribution in [3.63, 3.8) is 0 Å². The van der Waals surface area contributed by atoms with Gasteiger partial charge in [0.25, 0.3) is 0 Å². The highest BCUT2D eigenvalue weighted by atomic mass is 15.3. The molecule has 0 radical (unpaired) electrons. The molecule has 3 rings (SSSR count). The summed E-state index contributed by atoms with van der Waals surface area (Å²) in [4.78, 5) is 2.93. The number of hydrogen-bond donors (Lipinski definition) is 1. The van der Waals surface area contributed by atoms with E-state index in [0.29, 0.717) is 6.04 Å². The van der Waals surface area contributed by atoms with Crippen LogP contribution in [0.4, 0.5) is 0 Å². The zero-order chi connectivity index (χ0) is 11.8. The highest BCUT2D eigenvalue weighted by molar-refractivity contribution is 5.01. The molecule has 3 fully saturated rings. The molecular formula is C15H28N2. The van der Waals surface area contributed by atoms with Gasteiger partial charge >= 0.3 is 0 Å². The first-order valence-corrected chi connectivity index (χ1v) is 7.82. The fourth-order valence-electron chi connectivity index (χ4n) is 4.85. The maximum absolute atomic E-state index is 6.19. The minimum absolute atomic E-state index is 0.493. The van der Waals surface area contributed by atoms with Crippen molar-refractivity contribution >= 4 is 0 Å². The second kappa shape index (κ2) is 4.89. The molecule has 4 unspecified atom stereocenters. The molecule has 2 heteroatoms. The summed E-state index contributed by atoms with van der Waals surface area (Å²) in [5, 5.41) is 0. The minimum Gasteiger partial charge on any atom is -0.328 e. The van der Waals surface area contributed by atoms with Crippen molar-refractivity contribution in [2.75, 3.05) is 0 Å². The Morgan fingerprint density at radius 3 is 2.29 bits per heavy atom. The van der Waals surface area contributed by atoms with E-state index in [1.165, 1.54) is 57.8 Å². The van der Waals surface area contributed by atoms with Gasteiger partial charge in [-0.1, -0.05) is 26.2 Å². The molecular weight excluding hydrogens is 208 g/mol. The molecule has 2 nitrogen and oxygen atoms in total. The summed E-state index contributed by atoms with van der Waals surface area (Å²) >= 11 is 0. The monoisotopic (exact) mass is 236 g/mol. The van der Waals surface area contributed by atoms with Crippen molar-refractivity contribution < 1.29 is 0 Å². The van der Waals surface area contributed by atoms with Crippen LogP contribution in [0.2, 0.25) is 0 Å². The molecule has 3 aliphatic rings. The molecule has 1 aliphatic carbocycles. The van der Waals surface area contributed by atoms with E-state index in [-0.39, 0.29) is 0 Å². The van der Waals surface area contributed by atoms with E-state index in [9.17, 15) is 0 Å². The first-order chi connectivity index (χ1) is 8.29. The predicted octanol–water partition coefficient (Wildman–Crippen LogP) is 2.91. The highest BCUT2D eigenvalue weighted by Gasteiger charge is 2.44. The number of hydrogen-bond acceptors (Lipinski definition) is 2. The van der Waals surface area contributed by atoms with E-state index in [1.807, 2.05) is 0 Å². The lowest BCUT2D eigenvalue weighted by atomic mass is 9.80. The summed E-state index contributed by atoms with van der Waals surface area (Å²) in [6, 6.07) is 3.06. The average Bonchev–Trinajstić information content (AvgIpc) is 2.61. The number of nitrogens with zero attached hydrogens (tertiary/aromatic N) is 1. The predicted molar refractivity (Wildman–Crippen MR) is 71.9 cm³/mol. The third-order valence-electron chi connectivity index (χ3n) is 5.60. The quantitative estimate of drug-likeness (QED) is 0.799. The Kier molecular flexibility index (Phi) is 3.45. The van der Waals surface area contributed by atoms with E-state index in [1.54, 1.807) is 0 Å². The van der Waals surface area contributed by atoms with E-state index >= 15 is 0 Å². The lowest BCUT2D eigenvalue weighted by Crippen LogP contribution is -2.54. The van der Waals surface area contributed by atoms with Crippen LogP contribution in [0.5, 0.6) is 0 Å². The fourth-order valence-corrected chi connectivity index (χ4v) is 4.85. The lowest BCUT2D eigenvalue weighted by Gasteiger charge is -2.47. The molecule has 2 saturated heterocycles. The number of piperidine rings is 1. The van der Waals surface area contributed by atoms with E-state index in [0.717, 1.165) is 24.0 Å². The van der Waals surface area contributed by atoms with Gasteiger partial charge in [-0.25, -0.2) is 0 Å². The first kappa shape index (κ1) is 12.0. The molecule has 2 heterocycles.